The molecule has 0 saturated carbocycles. The normalized spacial score (nSPS) is 19.4. The molecule has 4 aliphatic heterocycles. The zero-order valence-electron chi connectivity index (χ0n) is 45.8. The number of likely N-dealkylation sites (N-methyl/N-ethyl adjacent to an activating group) is 1. The van der Waals surface area contributed by atoms with Crippen LogP contribution in [-0.4, -0.2) is 133 Å². The van der Waals surface area contributed by atoms with Crippen LogP contribution in [0.3, 0.4) is 0 Å². The van der Waals surface area contributed by atoms with Crippen LogP contribution in [0.25, 0.3) is 10.1 Å². The van der Waals surface area contributed by atoms with Gasteiger partial charge >= 0.3 is 13.3 Å². The van der Waals surface area contributed by atoms with Gasteiger partial charge in [-0.15, -0.1) is 11.3 Å². The number of hydrogen-bond donors (Lipinski definition) is 6. The van der Waals surface area contributed by atoms with Gasteiger partial charge in [0.2, 0.25) is 41.4 Å². The fourth-order valence-electron chi connectivity index (χ4n) is 11.4. The standard InChI is InChI=1S/C60H63F2N8O12PS/c1-67(45(25-28-50(63)71)54(74)66-53(37-15-8-5-9-16-37)38-17-10-6-11-18-38)59(79)47-24-23-41-30-31-68(35-44(58(78)70(41)47)64-56(76)49-33-39-32-40(22-27-48(39)84-49)60(61,62)83(80,81)82)52(73)21-12-4-2-3-7-14-36-19-13-20-42-43(36)34-69(57(42)77)46-26-29-51(72)65-55(46)75/h5-6,8-11,13,15-20,22,27,32-33,41,44-47,53H,2-4,12,21,23-26,28-31,34-35H2,1H3,(H2,63,71)(H,64,76)(H,66,74)(H,65,72,75)(H2,80,81,82)/t41-,44+,45?,46?,47+/m1/s1. The second-order valence-corrected chi connectivity index (χ2v) is 24.2. The number of thiophene rings is 1. The van der Waals surface area contributed by atoms with Crippen LogP contribution in [-0.2, 0) is 50.3 Å². The minimum Gasteiger partial charge on any atom is -0.370 e. The monoisotopic (exact) mass is 1190 g/mol. The number of nitrogens with zero attached hydrogens (tertiary/aromatic N) is 4. The highest BCUT2D eigenvalue weighted by Gasteiger charge is 2.51. The molecular formula is C60H63F2N8O12PS. The van der Waals surface area contributed by atoms with E-state index in [1.54, 1.807) is 18.2 Å². The van der Waals surface area contributed by atoms with Crippen molar-refractivity contribution in [3.63, 3.8) is 0 Å². The first kappa shape index (κ1) is 60.4. The summed E-state index contributed by atoms with van der Waals surface area (Å²) in [6, 6.07) is 21.9. The summed E-state index contributed by atoms with van der Waals surface area (Å²) in [6.07, 6.45) is 2.92. The van der Waals surface area contributed by atoms with E-state index in [9.17, 15) is 61.5 Å². The number of carbonyl (C=O) groups is 9. The van der Waals surface area contributed by atoms with Crippen LogP contribution >= 0.6 is 18.9 Å². The highest BCUT2D eigenvalue weighted by Crippen LogP contribution is 2.59. The topological polar surface area (TPSA) is 286 Å². The van der Waals surface area contributed by atoms with Crippen LogP contribution in [0.15, 0.2) is 103 Å². The lowest BCUT2D eigenvalue weighted by atomic mass is 9.97. The first-order valence-electron chi connectivity index (χ1n) is 27.7. The molecule has 4 aromatic carbocycles. The van der Waals surface area contributed by atoms with Gasteiger partial charge in [-0.1, -0.05) is 91.1 Å². The second-order valence-electron chi connectivity index (χ2n) is 21.4. The highest BCUT2D eigenvalue weighted by atomic mass is 32.1. The summed E-state index contributed by atoms with van der Waals surface area (Å²) < 4.78 is 41.6. The van der Waals surface area contributed by atoms with Crippen molar-refractivity contribution in [2.24, 2.45) is 5.73 Å². The predicted octanol–water partition coefficient (Wildman–Crippen LogP) is 5.58. The van der Waals surface area contributed by atoms with Crippen LogP contribution in [0.2, 0.25) is 0 Å². The molecular weight excluding hydrogens is 1130 g/mol. The van der Waals surface area contributed by atoms with Gasteiger partial charge in [0.05, 0.1) is 10.9 Å². The smallest absolute Gasteiger partial charge is 0.370 e. The summed E-state index contributed by atoms with van der Waals surface area (Å²) in [7, 11) is -4.51. The van der Waals surface area contributed by atoms with E-state index >= 15 is 4.79 Å². The minimum atomic E-state index is -5.93. The average Bonchev–Trinajstić information content (AvgIpc) is 2.71. The van der Waals surface area contributed by atoms with Crippen molar-refractivity contribution in [2.75, 3.05) is 20.1 Å². The van der Waals surface area contributed by atoms with E-state index in [1.165, 1.54) is 38.8 Å². The fourth-order valence-corrected chi connectivity index (χ4v) is 12.9. The summed E-state index contributed by atoms with van der Waals surface area (Å²) in [6.45, 7) is 0.00419. The van der Waals surface area contributed by atoms with Crippen LogP contribution in [0, 0.1) is 11.8 Å². The predicted molar refractivity (Wildman–Crippen MR) is 304 cm³/mol. The van der Waals surface area contributed by atoms with Gasteiger partial charge in [-0.2, -0.15) is 8.78 Å². The lowest BCUT2D eigenvalue weighted by Crippen LogP contribution is -2.62. The Morgan fingerprint density at radius 1 is 0.881 bits per heavy atom. The van der Waals surface area contributed by atoms with Crippen molar-refractivity contribution in [3.8, 4) is 11.8 Å². The summed E-state index contributed by atoms with van der Waals surface area (Å²) in [5, 5.41) is 8.19. The maximum Gasteiger partial charge on any atom is 0.399 e. The third kappa shape index (κ3) is 13.3. The number of rotatable bonds is 19. The molecule has 4 aliphatic rings. The number of amides is 9. The number of nitrogens with one attached hydrogen (secondary N) is 3. The largest absolute Gasteiger partial charge is 0.399 e. The van der Waals surface area contributed by atoms with Crippen molar-refractivity contribution in [3.05, 3.63) is 141 Å². The summed E-state index contributed by atoms with van der Waals surface area (Å²) in [4.78, 5) is 147. The Labute approximate surface area is 486 Å². The molecule has 0 bridgehead atoms. The minimum absolute atomic E-state index is 0.0465. The maximum absolute atomic E-state index is 15.2. The van der Waals surface area contributed by atoms with Gasteiger partial charge in [0.25, 0.3) is 11.8 Å². The quantitative estimate of drug-likeness (QED) is 0.0256. The van der Waals surface area contributed by atoms with E-state index in [-0.39, 0.29) is 92.6 Å². The molecule has 24 heteroatoms. The van der Waals surface area contributed by atoms with Crippen molar-refractivity contribution in [1.82, 2.24) is 35.6 Å². The maximum atomic E-state index is 15.2. The third-order valence-electron chi connectivity index (χ3n) is 15.9. The van der Waals surface area contributed by atoms with Crippen LogP contribution in [0.5, 0.6) is 0 Å². The summed E-state index contributed by atoms with van der Waals surface area (Å²) in [5.41, 5.74) is 3.41. The number of primary amides is 1. The molecule has 5 atom stereocenters. The Hall–Kier alpha value is -8.16. The molecule has 84 heavy (non-hydrogen) atoms. The highest BCUT2D eigenvalue weighted by molar-refractivity contribution is 7.52. The average molecular weight is 1190 g/mol. The molecule has 2 unspecified atom stereocenters. The van der Waals surface area contributed by atoms with Gasteiger partial charge in [-0.05, 0) is 97.4 Å². The Bertz CT molecular complexity index is 3480. The number of fused-ring (bicyclic) bond motifs is 3. The molecule has 0 spiro atoms. The van der Waals surface area contributed by atoms with Gasteiger partial charge in [0, 0.05) is 79.8 Å². The van der Waals surface area contributed by atoms with Gasteiger partial charge in [-0.3, -0.25) is 53.0 Å². The van der Waals surface area contributed by atoms with E-state index in [0.717, 1.165) is 34.6 Å². The van der Waals surface area contributed by atoms with Crippen LogP contribution in [0.4, 0.5) is 8.78 Å². The first-order valence-corrected chi connectivity index (χ1v) is 30.1. The van der Waals surface area contributed by atoms with Gasteiger partial charge in [-0.25, -0.2) is 0 Å². The van der Waals surface area contributed by atoms with Crippen molar-refractivity contribution in [1.29, 1.82) is 0 Å². The Balaban J connectivity index is 0.900. The molecule has 440 valence electrons. The number of imide groups is 1. The zero-order valence-corrected chi connectivity index (χ0v) is 47.6. The van der Waals surface area contributed by atoms with E-state index < -0.39 is 90.5 Å². The van der Waals surface area contributed by atoms with E-state index in [2.05, 4.69) is 27.8 Å². The molecule has 0 radical (unpaired) electrons. The van der Waals surface area contributed by atoms with E-state index in [1.807, 2.05) is 60.7 Å². The van der Waals surface area contributed by atoms with Crippen LogP contribution in [0.1, 0.15) is 131 Å². The molecule has 5 heterocycles. The lowest BCUT2D eigenvalue weighted by Gasteiger charge is -2.40. The van der Waals surface area contributed by atoms with E-state index in [0.29, 0.717) is 53.5 Å². The molecule has 0 aliphatic carbocycles. The number of alkyl halides is 2. The molecule has 9 rings (SSSR count). The SMILES string of the molecule is CN(C(=O)[C@@H]1CC[C@@H]2CCN(C(=O)CCCCCC#Cc3cccc4c3CN(C3CCC(=O)NC3=O)C4=O)C[C@H](NC(=O)c3cc4cc(C(F)(F)P(=O)(O)O)ccc4s3)C(=O)N21)C(CCC(N)=O)C(=O)NC(c1ccccc1)c1ccccc1. The molecule has 3 fully saturated rings. The number of piperidine rings is 1. The fraction of sp³-hybridized carbons (Fsp3) is 0.383. The lowest BCUT2D eigenvalue weighted by molar-refractivity contribution is -0.150. The Kier molecular flexibility index (Phi) is 18.5. The molecule has 20 nitrogen and oxygen atoms in total. The molecule has 5 aromatic rings. The van der Waals surface area contributed by atoms with Crippen molar-refractivity contribution >= 4 is 82.2 Å². The second kappa shape index (κ2) is 25.8. The number of halogens is 2. The number of benzene rings is 4. The molecule has 7 N–H and O–H groups in total. The number of carbonyl (C=O) groups excluding carboxylic acids is 9. The number of unbranched alkanes of at least 4 members (excludes halogenated alkanes) is 3. The van der Waals surface area contributed by atoms with Gasteiger partial charge in [0.15, 0.2) is 0 Å². The van der Waals surface area contributed by atoms with Crippen molar-refractivity contribution in [2.45, 2.75) is 126 Å². The molecule has 1 aromatic heterocycles. The third-order valence-corrected chi connectivity index (χ3v) is 18.0. The molecule has 3 saturated heterocycles. The summed E-state index contributed by atoms with van der Waals surface area (Å²) >= 11 is 0.874. The van der Waals surface area contributed by atoms with Gasteiger partial charge < -0.3 is 45.8 Å². The van der Waals surface area contributed by atoms with E-state index in [4.69, 9.17) is 5.73 Å². The number of hydrogen-bond acceptors (Lipinski definition) is 11. The summed E-state index contributed by atoms with van der Waals surface area (Å²) in [5.74, 6) is 1.42. The van der Waals surface area contributed by atoms with Crippen LogP contribution < -0.4 is 21.7 Å². The van der Waals surface area contributed by atoms with Gasteiger partial charge in [0.1, 0.15) is 24.2 Å². The first-order chi connectivity index (χ1) is 40.1. The number of nitrogens with two attached hydrogens (primary N) is 1. The zero-order chi connectivity index (χ0) is 60.0. The molecule has 9 amide bonds. The Morgan fingerprint density at radius 3 is 2.27 bits per heavy atom. The Morgan fingerprint density at radius 2 is 1.60 bits per heavy atom. The van der Waals surface area contributed by atoms with Crippen molar-refractivity contribution < 1.29 is 66.3 Å².